The fourth-order valence-electron chi connectivity index (χ4n) is 8.65. The summed E-state index contributed by atoms with van der Waals surface area (Å²) in [4.78, 5) is 0. The van der Waals surface area contributed by atoms with Crippen molar-refractivity contribution in [3.05, 3.63) is 0 Å². The molecule has 6 aliphatic rings. The Labute approximate surface area is 111 Å². The highest BCUT2D eigenvalue weighted by Gasteiger charge is 2.86. The van der Waals surface area contributed by atoms with Gasteiger partial charge in [-0.1, -0.05) is 25.7 Å². The van der Waals surface area contributed by atoms with E-state index in [1.165, 1.54) is 35.5 Å². The summed E-state index contributed by atoms with van der Waals surface area (Å²) in [6.45, 7) is 0. The topological polar surface area (TPSA) is 0 Å². The SMILES string of the molecule is C1CCCC23CCC2C2C4C5CCC5(CC1)C4C23. The lowest BCUT2D eigenvalue weighted by atomic mass is 9.13. The van der Waals surface area contributed by atoms with Crippen LogP contribution in [0, 0.1) is 46.3 Å². The Morgan fingerprint density at radius 2 is 1.06 bits per heavy atom. The molecule has 6 fully saturated rings. The molecule has 0 N–H and O–H groups in total. The zero-order valence-electron chi connectivity index (χ0n) is 11.5. The second-order valence-corrected chi connectivity index (χ2v) is 8.88. The average Bonchev–Trinajstić information content (AvgIpc) is 2.34. The van der Waals surface area contributed by atoms with E-state index < -0.39 is 0 Å². The quantitative estimate of drug-likeness (QED) is 0.580. The van der Waals surface area contributed by atoms with Gasteiger partial charge in [-0.2, -0.15) is 0 Å². The third kappa shape index (κ3) is 0.714. The minimum Gasteiger partial charge on any atom is -0.0533 e. The van der Waals surface area contributed by atoms with Gasteiger partial charge in [0.25, 0.3) is 0 Å². The summed E-state index contributed by atoms with van der Waals surface area (Å²) in [7, 11) is 0. The minimum atomic E-state index is 0.941. The van der Waals surface area contributed by atoms with Crippen molar-refractivity contribution in [2.24, 2.45) is 46.3 Å². The summed E-state index contributed by atoms with van der Waals surface area (Å²) in [5.74, 6) is 7.53. The zero-order chi connectivity index (χ0) is 11.5. The molecule has 0 nitrogen and oxygen atoms in total. The van der Waals surface area contributed by atoms with Gasteiger partial charge in [-0.3, -0.25) is 0 Å². The van der Waals surface area contributed by atoms with Crippen molar-refractivity contribution in [2.45, 2.75) is 64.2 Å². The van der Waals surface area contributed by atoms with Crippen LogP contribution in [0.3, 0.4) is 0 Å². The molecular formula is C18H26. The van der Waals surface area contributed by atoms with E-state index >= 15 is 0 Å². The Hall–Kier alpha value is 0. The summed E-state index contributed by atoms with van der Waals surface area (Å²) in [6, 6.07) is 0. The molecule has 0 radical (unpaired) electrons. The van der Waals surface area contributed by atoms with Crippen molar-refractivity contribution in [2.75, 3.05) is 0 Å². The fraction of sp³-hybridized carbons (Fsp3) is 1.00. The third-order valence-electron chi connectivity index (χ3n) is 9.27. The van der Waals surface area contributed by atoms with E-state index in [1.54, 1.807) is 64.2 Å². The highest BCUT2D eigenvalue weighted by Crippen LogP contribution is 2.92. The second kappa shape index (κ2) is 2.72. The Balaban J connectivity index is 1.41. The van der Waals surface area contributed by atoms with Gasteiger partial charge in [0.1, 0.15) is 0 Å². The van der Waals surface area contributed by atoms with Crippen LogP contribution in [0.25, 0.3) is 0 Å². The van der Waals surface area contributed by atoms with Gasteiger partial charge in [-0.15, -0.1) is 0 Å². The lowest BCUT2D eigenvalue weighted by Gasteiger charge is -2.91. The normalized spacial score (nSPS) is 70.7. The Bertz CT molecular complexity index is 386. The van der Waals surface area contributed by atoms with Crippen LogP contribution >= 0.6 is 0 Å². The van der Waals surface area contributed by atoms with Crippen molar-refractivity contribution in [1.29, 1.82) is 0 Å². The summed E-state index contributed by atoms with van der Waals surface area (Å²) < 4.78 is 0. The van der Waals surface area contributed by atoms with Gasteiger partial charge < -0.3 is 0 Å². The maximum absolute atomic E-state index is 1.64. The number of hydrogen-bond acceptors (Lipinski definition) is 0. The number of hydrogen-bond donors (Lipinski definition) is 0. The molecule has 0 bridgehead atoms. The second-order valence-electron chi connectivity index (χ2n) is 8.88. The first kappa shape index (κ1) is 9.83. The Morgan fingerprint density at radius 3 is 1.44 bits per heavy atom. The predicted octanol–water partition coefficient (Wildman–Crippen LogP) is 4.64. The molecule has 0 heteroatoms. The molecule has 2 spiro atoms. The van der Waals surface area contributed by atoms with E-state index in [9.17, 15) is 0 Å². The van der Waals surface area contributed by atoms with Gasteiger partial charge in [0, 0.05) is 0 Å². The standard InChI is InChI=1S/C18H26/c1-2-4-8-18-10-6-12(18)14-13-11-5-9-17(11,7-3-1)15(13)16(14)18/h11-16H,1-10H2. The maximum Gasteiger partial charge on any atom is -0.0232 e. The van der Waals surface area contributed by atoms with Gasteiger partial charge in [0.05, 0.1) is 0 Å². The van der Waals surface area contributed by atoms with Crippen molar-refractivity contribution in [1.82, 2.24) is 0 Å². The molecule has 0 aromatic carbocycles. The van der Waals surface area contributed by atoms with Crippen LogP contribution in [-0.4, -0.2) is 0 Å². The molecule has 6 rings (SSSR count). The molecule has 0 heterocycles. The van der Waals surface area contributed by atoms with E-state index in [2.05, 4.69) is 0 Å². The lowest BCUT2D eigenvalue weighted by Crippen LogP contribution is -2.86. The van der Waals surface area contributed by atoms with Gasteiger partial charge >= 0.3 is 0 Å². The highest BCUT2D eigenvalue weighted by atomic mass is 14.9. The lowest BCUT2D eigenvalue weighted by molar-refractivity contribution is -0.437. The summed E-state index contributed by atoms with van der Waals surface area (Å²) in [6.07, 6.45) is 16.1. The largest absolute Gasteiger partial charge is 0.0533 e. The first-order valence-electron chi connectivity index (χ1n) is 8.89. The van der Waals surface area contributed by atoms with Gasteiger partial charge in [-0.25, -0.2) is 0 Å². The van der Waals surface area contributed by atoms with Crippen molar-refractivity contribution >= 4 is 0 Å². The molecule has 0 saturated heterocycles. The van der Waals surface area contributed by atoms with Gasteiger partial charge in [0.15, 0.2) is 0 Å². The highest BCUT2D eigenvalue weighted by molar-refractivity contribution is 5.34. The zero-order valence-corrected chi connectivity index (χ0v) is 11.5. The summed E-state index contributed by atoms with van der Waals surface area (Å²) in [5, 5.41) is 0. The van der Waals surface area contributed by atoms with E-state index in [-0.39, 0.29) is 0 Å². The summed E-state index contributed by atoms with van der Waals surface area (Å²) >= 11 is 0. The first-order chi connectivity index (χ1) is 8.89. The molecule has 8 unspecified atom stereocenters. The van der Waals surface area contributed by atoms with E-state index in [4.69, 9.17) is 0 Å². The van der Waals surface area contributed by atoms with Crippen LogP contribution in [0.5, 0.6) is 0 Å². The van der Waals surface area contributed by atoms with E-state index in [0.717, 1.165) is 10.8 Å². The molecule has 0 aromatic heterocycles. The molecule has 0 amide bonds. The molecule has 6 saturated carbocycles. The average molecular weight is 242 g/mol. The molecule has 0 aromatic rings. The molecule has 18 heavy (non-hydrogen) atoms. The molecule has 6 aliphatic carbocycles. The van der Waals surface area contributed by atoms with E-state index in [1.807, 2.05) is 0 Å². The van der Waals surface area contributed by atoms with Crippen LogP contribution in [0.1, 0.15) is 64.2 Å². The minimum absolute atomic E-state index is 0.941. The Morgan fingerprint density at radius 1 is 0.556 bits per heavy atom. The molecule has 98 valence electrons. The maximum atomic E-state index is 1.64. The van der Waals surface area contributed by atoms with Gasteiger partial charge in [-0.05, 0) is 84.9 Å². The fourth-order valence-corrected chi connectivity index (χ4v) is 8.65. The van der Waals surface area contributed by atoms with Crippen molar-refractivity contribution in [3.63, 3.8) is 0 Å². The van der Waals surface area contributed by atoms with Gasteiger partial charge in [0.2, 0.25) is 0 Å². The number of fused-ring (bicyclic) bond motifs is 3. The molecule has 0 aliphatic heterocycles. The van der Waals surface area contributed by atoms with Crippen LogP contribution in [0.2, 0.25) is 0 Å². The predicted molar refractivity (Wildman–Crippen MR) is 72.0 cm³/mol. The van der Waals surface area contributed by atoms with Crippen molar-refractivity contribution < 1.29 is 0 Å². The first-order valence-corrected chi connectivity index (χ1v) is 8.89. The molecule has 8 atom stereocenters. The van der Waals surface area contributed by atoms with Crippen molar-refractivity contribution in [3.8, 4) is 0 Å². The van der Waals surface area contributed by atoms with Crippen LogP contribution in [-0.2, 0) is 0 Å². The van der Waals surface area contributed by atoms with Crippen LogP contribution < -0.4 is 0 Å². The molecular weight excluding hydrogens is 216 g/mol. The van der Waals surface area contributed by atoms with E-state index in [0.29, 0.717) is 0 Å². The summed E-state index contributed by atoms with van der Waals surface area (Å²) in [5.41, 5.74) is 1.88. The van der Waals surface area contributed by atoms with Crippen LogP contribution in [0.15, 0.2) is 0 Å². The monoisotopic (exact) mass is 242 g/mol. The Kier molecular flexibility index (Phi) is 1.49. The smallest absolute Gasteiger partial charge is 0.0232 e. The third-order valence-corrected chi connectivity index (χ3v) is 9.27. The number of rotatable bonds is 0. The van der Waals surface area contributed by atoms with Crippen LogP contribution in [0.4, 0.5) is 0 Å².